The number of pyridine rings is 1. The van der Waals surface area contributed by atoms with Crippen molar-refractivity contribution < 1.29 is 14.1 Å². The van der Waals surface area contributed by atoms with Crippen LogP contribution in [0.15, 0.2) is 75.0 Å². The van der Waals surface area contributed by atoms with Gasteiger partial charge < -0.3 is 15.2 Å². The Labute approximate surface area is 178 Å². The van der Waals surface area contributed by atoms with Crippen LogP contribution in [0.3, 0.4) is 0 Å². The van der Waals surface area contributed by atoms with Crippen molar-refractivity contribution in [3.05, 3.63) is 66.1 Å². The second-order valence-corrected chi connectivity index (χ2v) is 6.94. The monoisotopic (exact) mass is 419 g/mol. The molecular weight excluding hydrogens is 398 g/mol. The zero-order valence-corrected chi connectivity index (χ0v) is 16.7. The van der Waals surface area contributed by atoms with E-state index in [1.165, 1.54) is 0 Å². The van der Waals surface area contributed by atoms with E-state index in [4.69, 9.17) is 4.52 Å². The highest BCUT2D eigenvalue weighted by atomic mass is 16.5. The number of rotatable bonds is 9. The first-order valence-electron chi connectivity index (χ1n) is 9.99. The van der Waals surface area contributed by atoms with Crippen molar-refractivity contribution >= 4 is 11.8 Å². The molecule has 2 amide bonds. The van der Waals surface area contributed by atoms with Gasteiger partial charge in [-0.15, -0.1) is 10.2 Å². The molecular formula is C21H21N7O3. The first kappa shape index (κ1) is 20.3. The number of aromatic nitrogens is 3. The van der Waals surface area contributed by atoms with Crippen LogP contribution >= 0.6 is 0 Å². The quantitative estimate of drug-likeness (QED) is 0.594. The van der Waals surface area contributed by atoms with Gasteiger partial charge in [0, 0.05) is 49.5 Å². The average Bonchev–Trinajstić information content (AvgIpc) is 3.28. The summed E-state index contributed by atoms with van der Waals surface area (Å²) in [5.74, 6) is 0.839. The summed E-state index contributed by atoms with van der Waals surface area (Å²) in [5.41, 5.74) is 1.62. The number of aryl methyl sites for hydroxylation is 1. The zero-order valence-electron chi connectivity index (χ0n) is 16.7. The number of nitrogens with zero attached hydrogens (tertiary/aromatic N) is 5. The molecule has 2 aliphatic rings. The highest BCUT2D eigenvalue weighted by molar-refractivity contribution is 5.86. The normalized spacial score (nSPS) is 17.0. The van der Waals surface area contributed by atoms with Crippen LogP contribution in [0.5, 0.6) is 0 Å². The number of allylic oxidation sites excluding steroid dienone is 3. The first-order chi connectivity index (χ1) is 15.2. The van der Waals surface area contributed by atoms with E-state index >= 15 is 0 Å². The number of azo groups is 1. The van der Waals surface area contributed by atoms with Gasteiger partial charge in [0.2, 0.25) is 17.6 Å². The summed E-state index contributed by atoms with van der Waals surface area (Å²) in [4.78, 5) is 32.1. The SMILES string of the molecule is O=C(CCCc1nc(-c2ccncc2)no1)NCCNC1=C2C=CC=CC2C(=O)N=N1. The van der Waals surface area contributed by atoms with E-state index < -0.39 is 0 Å². The van der Waals surface area contributed by atoms with E-state index in [1.807, 2.05) is 18.2 Å². The van der Waals surface area contributed by atoms with Crippen LogP contribution in [0.1, 0.15) is 18.7 Å². The Kier molecular flexibility index (Phi) is 6.36. The molecule has 31 heavy (non-hydrogen) atoms. The lowest BCUT2D eigenvalue weighted by Crippen LogP contribution is -2.32. The van der Waals surface area contributed by atoms with Gasteiger partial charge in [0.05, 0.1) is 5.92 Å². The summed E-state index contributed by atoms with van der Waals surface area (Å²) in [6, 6.07) is 3.61. The van der Waals surface area contributed by atoms with Crippen molar-refractivity contribution in [2.45, 2.75) is 19.3 Å². The van der Waals surface area contributed by atoms with Gasteiger partial charge in [0.15, 0.2) is 5.82 Å². The highest BCUT2D eigenvalue weighted by Gasteiger charge is 2.26. The second kappa shape index (κ2) is 9.70. The molecule has 1 aliphatic heterocycles. The first-order valence-corrected chi connectivity index (χ1v) is 9.99. The molecule has 10 heteroatoms. The molecule has 0 spiro atoms. The van der Waals surface area contributed by atoms with E-state index in [0.29, 0.717) is 49.9 Å². The number of amides is 2. The molecule has 2 aromatic heterocycles. The minimum Gasteiger partial charge on any atom is -0.367 e. The topological polar surface area (TPSA) is 135 Å². The Bertz CT molecular complexity index is 1070. The van der Waals surface area contributed by atoms with Crippen LogP contribution in [-0.2, 0) is 16.0 Å². The summed E-state index contributed by atoms with van der Waals surface area (Å²) >= 11 is 0. The van der Waals surface area contributed by atoms with Crippen molar-refractivity contribution in [3.63, 3.8) is 0 Å². The van der Waals surface area contributed by atoms with E-state index in [9.17, 15) is 9.59 Å². The summed E-state index contributed by atoms with van der Waals surface area (Å²) in [6.07, 6.45) is 12.1. The van der Waals surface area contributed by atoms with Gasteiger partial charge in [-0.25, -0.2) is 0 Å². The molecule has 0 radical (unpaired) electrons. The van der Waals surface area contributed by atoms with Crippen molar-refractivity contribution in [2.75, 3.05) is 13.1 Å². The minimum absolute atomic E-state index is 0.0628. The summed E-state index contributed by atoms with van der Waals surface area (Å²) < 4.78 is 5.24. The molecule has 0 fully saturated rings. The average molecular weight is 419 g/mol. The van der Waals surface area contributed by atoms with E-state index in [0.717, 1.165) is 11.1 Å². The predicted molar refractivity (Wildman–Crippen MR) is 110 cm³/mol. The molecule has 1 atom stereocenters. The number of nitrogens with one attached hydrogen (secondary N) is 2. The number of hydrogen-bond donors (Lipinski definition) is 2. The largest absolute Gasteiger partial charge is 0.367 e. The summed E-state index contributed by atoms with van der Waals surface area (Å²) in [7, 11) is 0. The lowest BCUT2D eigenvalue weighted by Gasteiger charge is -2.20. The van der Waals surface area contributed by atoms with E-state index in [-0.39, 0.29) is 17.7 Å². The Balaban J connectivity index is 1.16. The molecule has 0 bridgehead atoms. The molecule has 158 valence electrons. The van der Waals surface area contributed by atoms with Gasteiger partial charge in [-0.05, 0) is 18.6 Å². The fraction of sp³-hybridized carbons (Fsp3) is 0.286. The predicted octanol–water partition coefficient (Wildman–Crippen LogP) is 2.11. The fourth-order valence-corrected chi connectivity index (χ4v) is 3.19. The Morgan fingerprint density at radius 1 is 1.13 bits per heavy atom. The minimum atomic E-state index is -0.386. The Morgan fingerprint density at radius 2 is 2.00 bits per heavy atom. The van der Waals surface area contributed by atoms with Crippen molar-refractivity contribution in [3.8, 4) is 11.4 Å². The maximum Gasteiger partial charge on any atom is 0.276 e. The summed E-state index contributed by atoms with van der Waals surface area (Å²) in [5, 5.41) is 17.5. The Hall–Kier alpha value is -3.95. The molecule has 0 saturated carbocycles. The molecule has 1 aliphatic carbocycles. The van der Waals surface area contributed by atoms with Crippen LogP contribution < -0.4 is 10.6 Å². The number of fused-ring (bicyclic) bond motifs is 1. The number of carbonyl (C=O) groups is 2. The molecule has 0 aromatic carbocycles. The molecule has 10 nitrogen and oxygen atoms in total. The standard InChI is InChI=1S/C21H21N7O3/c29-17(6-3-7-18-25-19(28-31-18)14-8-10-22-11-9-14)23-12-13-24-20-15-4-1-2-5-16(15)21(30)27-26-20/h1-2,4-5,8-11,16,24H,3,6-7,12-13H2,(H,23,29). The van der Waals surface area contributed by atoms with Crippen LogP contribution in [0.4, 0.5) is 0 Å². The van der Waals surface area contributed by atoms with Gasteiger partial charge in [-0.3, -0.25) is 14.6 Å². The Morgan fingerprint density at radius 3 is 2.87 bits per heavy atom. The third kappa shape index (κ3) is 5.16. The van der Waals surface area contributed by atoms with Gasteiger partial charge >= 0.3 is 0 Å². The third-order valence-electron chi connectivity index (χ3n) is 4.75. The molecule has 0 saturated heterocycles. The van der Waals surface area contributed by atoms with Crippen molar-refractivity contribution in [1.82, 2.24) is 25.8 Å². The lowest BCUT2D eigenvalue weighted by molar-refractivity contribution is -0.121. The maximum atomic E-state index is 12.1. The second-order valence-electron chi connectivity index (χ2n) is 6.94. The van der Waals surface area contributed by atoms with E-state index in [2.05, 4.69) is 36.0 Å². The van der Waals surface area contributed by atoms with Gasteiger partial charge in [-0.2, -0.15) is 4.98 Å². The van der Waals surface area contributed by atoms with Crippen LogP contribution in [0.2, 0.25) is 0 Å². The molecule has 1 unspecified atom stereocenters. The lowest BCUT2D eigenvalue weighted by atomic mass is 9.93. The molecule has 2 aromatic rings. The summed E-state index contributed by atoms with van der Waals surface area (Å²) in [6.45, 7) is 0.900. The van der Waals surface area contributed by atoms with Gasteiger partial charge in [0.1, 0.15) is 0 Å². The zero-order chi connectivity index (χ0) is 21.5. The van der Waals surface area contributed by atoms with Crippen LogP contribution in [0.25, 0.3) is 11.4 Å². The van der Waals surface area contributed by atoms with E-state index in [1.54, 1.807) is 30.6 Å². The van der Waals surface area contributed by atoms with Crippen LogP contribution in [-0.4, -0.2) is 40.0 Å². The maximum absolute atomic E-state index is 12.1. The van der Waals surface area contributed by atoms with Crippen LogP contribution in [0, 0.1) is 5.92 Å². The van der Waals surface area contributed by atoms with Gasteiger partial charge in [-0.1, -0.05) is 29.5 Å². The fourth-order valence-electron chi connectivity index (χ4n) is 3.19. The van der Waals surface area contributed by atoms with Crippen molar-refractivity contribution in [2.24, 2.45) is 16.1 Å². The van der Waals surface area contributed by atoms with Gasteiger partial charge in [0.25, 0.3) is 5.91 Å². The molecule has 4 rings (SSSR count). The van der Waals surface area contributed by atoms with Crippen molar-refractivity contribution in [1.29, 1.82) is 0 Å². The number of hydrogen-bond acceptors (Lipinski definition) is 8. The third-order valence-corrected chi connectivity index (χ3v) is 4.75. The highest BCUT2D eigenvalue weighted by Crippen LogP contribution is 2.27. The molecule has 2 N–H and O–H groups in total. The smallest absolute Gasteiger partial charge is 0.276 e. The molecule has 3 heterocycles. The number of carbonyl (C=O) groups excluding carboxylic acids is 2.